The van der Waals surface area contributed by atoms with Crippen molar-refractivity contribution >= 4 is 23.4 Å². The lowest BCUT2D eigenvalue weighted by Crippen LogP contribution is -2.70. The summed E-state index contributed by atoms with van der Waals surface area (Å²) in [4.78, 5) is 44.3. The Bertz CT molecular complexity index is 2830. The summed E-state index contributed by atoms with van der Waals surface area (Å²) in [5.41, 5.74) is 1.89. The zero-order valence-electron chi connectivity index (χ0n) is 43.2. The van der Waals surface area contributed by atoms with Crippen LogP contribution in [0.2, 0.25) is 0 Å². The van der Waals surface area contributed by atoms with E-state index < -0.39 is 65.1 Å². The number of anilines is 1. The van der Waals surface area contributed by atoms with Gasteiger partial charge in [-0.2, -0.15) is 0 Å². The topological polar surface area (TPSA) is 212 Å². The van der Waals surface area contributed by atoms with Crippen LogP contribution in [0.3, 0.4) is 0 Å². The van der Waals surface area contributed by atoms with Gasteiger partial charge in [-0.3, -0.25) is 9.59 Å². The summed E-state index contributed by atoms with van der Waals surface area (Å²) < 4.78 is 18.3. The van der Waals surface area contributed by atoms with Crippen LogP contribution in [0.5, 0.6) is 11.5 Å². The number of carbonyl (C=O) groups excluding carboxylic acids is 3. The number of carbonyl (C=O) groups is 3. The largest absolute Gasteiger partial charge is 0.507 e. The van der Waals surface area contributed by atoms with Crippen molar-refractivity contribution in [2.24, 2.45) is 41.4 Å². The predicted molar refractivity (Wildman–Crippen MR) is 280 cm³/mol. The smallest absolute Gasteiger partial charge is 0.334 e. The second-order valence-corrected chi connectivity index (χ2v) is 23.7. The van der Waals surface area contributed by atoms with Crippen molar-refractivity contribution in [2.45, 2.75) is 157 Å². The third-order valence-corrected chi connectivity index (χ3v) is 18.9. The number of aliphatic hydroxyl groups excluding tert-OH is 3. The molecule has 3 heterocycles. The second kappa shape index (κ2) is 20.9. The average molecular weight is 1020 g/mol. The molecule has 13 nitrogen and oxygen atoms in total. The highest BCUT2D eigenvalue weighted by Crippen LogP contribution is 2.64. The Kier molecular flexibility index (Phi) is 14.4. The highest BCUT2D eigenvalue weighted by Gasteiger charge is 2.68. The Balaban J connectivity index is 1.13. The summed E-state index contributed by atoms with van der Waals surface area (Å²) in [6, 6.07) is 15.2. The lowest BCUT2D eigenvalue weighted by atomic mass is 9.41. The molecule has 0 spiro atoms. The number of nitrogens with one attached hydrogen (secondary N) is 1. The Morgan fingerprint density at radius 3 is 2.44 bits per heavy atom. The van der Waals surface area contributed by atoms with Gasteiger partial charge < -0.3 is 50.2 Å². The van der Waals surface area contributed by atoms with Gasteiger partial charge in [-0.1, -0.05) is 86.4 Å². The maximum absolute atomic E-state index is 15.8. The second-order valence-electron chi connectivity index (χ2n) is 23.7. The summed E-state index contributed by atoms with van der Waals surface area (Å²) in [6.07, 6.45) is 10.9. The first-order chi connectivity index (χ1) is 36.1. The predicted octanol–water partition coefficient (Wildman–Crippen LogP) is 7.40. The fourth-order valence-electron chi connectivity index (χ4n) is 15.3. The Morgan fingerprint density at radius 2 is 1.65 bits per heavy atom. The van der Waals surface area contributed by atoms with Gasteiger partial charge in [0, 0.05) is 73.1 Å². The van der Waals surface area contributed by atoms with E-state index >= 15 is 4.79 Å². The summed E-state index contributed by atoms with van der Waals surface area (Å²) >= 11 is 0. The van der Waals surface area contributed by atoms with Gasteiger partial charge in [0.25, 0.3) is 0 Å². The molecule has 398 valence electrons. The number of aromatic hydroxyl groups is 1. The van der Waals surface area contributed by atoms with E-state index in [1.165, 1.54) is 20.1 Å². The lowest BCUT2D eigenvalue weighted by Gasteiger charge is -2.65. The van der Waals surface area contributed by atoms with E-state index in [0.717, 1.165) is 62.5 Å². The molecule has 11 rings (SSSR count). The highest BCUT2D eigenvalue weighted by molar-refractivity contribution is 5.89. The number of esters is 2. The first-order valence-electron chi connectivity index (χ1n) is 27.7. The maximum atomic E-state index is 15.8. The molecule has 3 aromatic carbocycles. The fraction of sp³-hybridized carbons (Fsp3) is 0.565. The molecule has 4 saturated carbocycles. The molecule has 13 heteroatoms. The van der Waals surface area contributed by atoms with Gasteiger partial charge in [0.2, 0.25) is 0 Å². The van der Waals surface area contributed by atoms with Crippen molar-refractivity contribution in [1.82, 2.24) is 0 Å². The fourth-order valence-corrected chi connectivity index (χ4v) is 15.3. The first-order valence-corrected chi connectivity index (χ1v) is 27.7. The van der Waals surface area contributed by atoms with Gasteiger partial charge in [0.05, 0.1) is 31.7 Å². The number of phenolic OH excluding ortho intramolecular Hbond substituents is 1. The highest BCUT2D eigenvalue weighted by atomic mass is 16.6. The van der Waals surface area contributed by atoms with Crippen molar-refractivity contribution in [3.8, 4) is 23.3 Å². The quantitative estimate of drug-likeness (QED) is 0.0483. The van der Waals surface area contributed by atoms with Crippen molar-refractivity contribution < 1.29 is 59.2 Å². The molecule has 3 aromatic rings. The van der Waals surface area contributed by atoms with Gasteiger partial charge in [0.15, 0.2) is 0 Å². The number of methoxy groups -OCH3 is 1. The molecular formula is C62H73NO12. The van der Waals surface area contributed by atoms with Crippen molar-refractivity contribution in [3.05, 3.63) is 111 Å². The molecule has 0 radical (unpaired) electrons. The molecule has 0 amide bonds. The number of fused-ring (bicyclic) bond motifs is 10. The Morgan fingerprint density at radius 1 is 0.893 bits per heavy atom. The minimum atomic E-state index is -1.66. The Labute approximate surface area is 439 Å². The van der Waals surface area contributed by atoms with E-state index in [2.05, 4.69) is 29.3 Å². The standard InChI is InChI=1S/C62H73NO12/c1-61(71,52(67)32-73-2)33-63-44-21-36(31-64)20-41(25-44)38-15-16-39-30-54(68)75-59-48(39)27-42(58(69)55(59)37-11-4-3-5-12-37)29-53-62(72)50-14-7-6-13-46(50)47-18-17-40-28-51(66)49(56(47)57(40)62)23-35-10-8-9-34(19-35)22-45(65)26-43(24-38)60(70)74-53/h8-10,17-21,25-27,37-40,45-47,49-50,52-53,56-57,63-65,67,69,71-72H,3-7,11-14,22-24,28-33H2,1-2H3/b43-26-/t38-,39+,40+,45-,46-,47+,49+,50-,52-,53+,56-,57+,61-,62+/m0/s1. The summed E-state index contributed by atoms with van der Waals surface area (Å²) in [6.45, 7) is 0.941. The molecule has 8 aliphatic rings. The van der Waals surface area contributed by atoms with Crippen molar-refractivity contribution in [1.29, 1.82) is 0 Å². The molecule has 3 aliphatic heterocycles. The van der Waals surface area contributed by atoms with Crippen LogP contribution in [-0.2, 0) is 49.7 Å². The van der Waals surface area contributed by atoms with Crippen molar-refractivity contribution in [3.63, 3.8) is 0 Å². The van der Waals surface area contributed by atoms with Gasteiger partial charge in [0.1, 0.15) is 40.7 Å². The van der Waals surface area contributed by atoms with Crippen LogP contribution in [0.1, 0.15) is 141 Å². The van der Waals surface area contributed by atoms with Crippen LogP contribution in [0.15, 0.2) is 72.3 Å². The number of phenols is 1. The van der Waals surface area contributed by atoms with E-state index in [-0.39, 0.29) is 104 Å². The number of allylic oxidation sites excluding steroid dienone is 2. The summed E-state index contributed by atoms with van der Waals surface area (Å²) in [5, 5.41) is 75.4. The average Bonchev–Trinajstić information content (AvgIpc) is 3.42. The third kappa shape index (κ3) is 9.78. The van der Waals surface area contributed by atoms with E-state index in [4.69, 9.17) is 14.2 Å². The number of benzene rings is 3. The van der Waals surface area contributed by atoms with E-state index in [1.807, 2.05) is 36.4 Å². The molecule has 0 unspecified atom stereocenters. The molecule has 14 atom stereocenters. The molecule has 7 N–H and O–H groups in total. The first kappa shape index (κ1) is 51.8. The number of aliphatic hydroxyl groups is 5. The number of Topliss-reactive ketones (excluding diaryl/α,β-unsaturated/α-hetero) is 1. The van der Waals surface area contributed by atoms with E-state index in [0.29, 0.717) is 52.1 Å². The van der Waals surface area contributed by atoms with Crippen LogP contribution < -0.4 is 10.1 Å². The van der Waals surface area contributed by atoms with Crippen molar-refractivity contribution in [2.75, 3.05) is 25.6 Å². The number of hydrogen-bond donors (Lipinski definition) is 7. The molecule has 5 aliphatic carbocycles. The van der Waals surface area contributed by atoms with Gasteiger partial charge in [-0.15, -0.1) is 0 Å². The minimum absolute atomic E-state index is 0.00258. The normalized spacial score (nSPS) is 34.2. The Hall–Kier alpha value is -5.33. The molecule has 0 saturated heterocycles. The van der Waals surface area contributed by atoms with Gasteiger partial charge in [-0.25, -0.2) is 4.79 Å². The molecule has 4 fully saturated rings. The van der Waals surface area contributed by atoms with Crippen LogP contribution in [0, 0.1) is 53.3 Å². The summed E-state index contributed by atoms with van der Waals surface area (Å²) in [7, 11) is 1.44. The zero-order chi connectivity index (χ0) is 52.3. The zero-order valence-corrected chi connectivity index (χ0v) is 43.2. The molecule has 12 bridgehead atoms. The number of rotatable bonds is 9. The van der Waals surface area contributed by atoms with Crippen LogP contribution in [-0.4, -0.2) is 98.1 Å². The molecule has 0 aromatic heterocycles. The third-order valence-electron chi connectivity index (χ3n) is 18.9. The van der Waals surface area contributed by atoms with Crippen LogP contribution >= 0.6 is 0 Å². The SMILES string of the molecule is COC[C@H](O)[C@@](C)(O)CNc1cc(CO)cc([C@H]2C#C[C@@H]3CC(=O)Oc4c3cc(c(O)c4C3CCCCC3)C[C@H]3OC(=O)/C(=C\[C@@H](O)Cc4cccc(c4)C[C@@H]4C(=O)C[C@H]5C=C[C@@H]6[C@@H]7CCCC[C@@H]7[C@]3(O)[C@H]5[C@@H]64)C2)c1. The molecular weight excluding hydrogens is 951 g/mol. The van der Waals surface area contributed by atoms with Gasteiger partial charge in [-0.05, 0) is 133 Å². The van der Waals surface area contributed by atoms with Gasteiger partial charge >= 0.3 is 11.9 Å². The monoisotopic (exact) mass is 1020 g/mol. The van der Waals surface area contributed by atoms with E-state index in [1.54, 1.807) is 12.1 Å². The van der Waals surface area contributed by atoms with Crippen LogP contribution in [0.4, 0.5) is 5.69 Å². The van der Waals surface area contributed by atoms with E-state index in [9.17, 15) is 40.2 Å². The number of hydrogen-bond acceptors (Lipinski definition) is 13. The minimum Gasteiger partial charge on any atom is -0.507 e. The molecule has 75 heavy (non-hydrogen) atoms. The number of ketones is 1. The lowest BCUT2D eigenvalue weighted by molar-refractivity contribution is -0.247. The summed E-state index contributed by atoms with van der Waals surface area (Å²) in [5.74, 6) is 2.85. The maximum Gasteiger partial charge on any atom is 0.334 e. The van der Waals surface area contributed by atoms with Crippen LogP contribution in [0.25, 0.3) is 0 Å². The number of ether oxygens (including phenoxy) is 3.